The average molecular weight is 170 g/mol. The SMILES string of the molecule is CC(CC=O)CCC(C)CC=O. The number of aldehydes is 2. The second-order valence-electron chi connectivity index (χ2n) is 3.59. The summed E-state index contributed by atoms with van der Waals surface area (Å²) in [5.74, 6) is 0.938. The third kappa shape index (κ3) is 6.08. The van der Waals surface area contributed by atoms with E-state index in [1.54, 1.807) is 0 Å². The van der Waals surface area contributed by atoms with Gasteiger partial charge in [0.15, 0.2) is 0 Å². The molecule has 0 rings (SSSR count). The van der Waals surface area contributed by atoms with Gasteiger partial charge in [-0.15, -0.1) is 0 Å². The van der Waals surface area contributed by atoms with Gasteiger partial charge in [-0.05, 0) is 11.8 Å². The van der Waals surface area contributed by atoms with Crippen molar-refractivity contribution in [2.24, 2.45) is 11.8 Å². The van der Waals surface area contributed by atoms with Crippen LogP contribution in [0.25, 0.3) is 0 Å². The molecule has 0 aliphatic carbocycles. The van der Waals surface area contributed by atoms with Gasteiger partial charge in [0, 0.05) is 12.8 Å². The van der Waals surface area contributed by atoms with Crippen LogP contribution in [0.5, 0.6) is 0 Å². The van der Waals surface area contributed by atoms with Crippen LogP contribution in [0.15, 0.2) is 0 Å². The Bertz CT molecular complexity index is 116. The third-order valence-electron chi connectivity index (χ3n) is 2.15. The molecule has 0 fully saturated rings. The summed E-state index contributed by atoms with van der Waals surface area (Å²) in [5.41, 5.74) is 0. The molecule has 0 aliphatic rings. The molecule has 0 saturated heterocycles. The van der Waals surface area contributed by atoms with Crippen LogP contribution in [0.1, 0.15) is 39.5 Å². The summed E-state index contributed by atoms with van der Waals surface area (Å²) in [7, 11) is 0. The number of carbonyl (C=O) groups excluding carboxylic acids is 2. The molecule has 70 valence electrons. The largest absolute Gasteiger partial charge is 0.303 e. The number of hydrogen-bond donors (Lipinski definition) is 0. The summed E-state index contributed by atoms with van der Waals surface area (Å²) >= 11 is 0. The van der Waals surface area contributed by atoms with E-state index >= 15 is 0 Å². The topological polar surface area (TPSA) is 34.1 Å². The molecule has 0 saturated carbocycles. The minimum absolute atomic E-state index is 0.469. The first-order valence-corrected chi connectivity index (χ1v) is 4.58. The van der Waals surface area contributed by atoms with Crippen LogP contribution >= 0.6 is 0 Å². The van der Waals surface area contributed by atoms with E-state index in [4.69, 9.17) is 0 Å². The van der Waals surface area contributed by atoms with Crippen LogP contribution in [0.3, 0.4) is 0 Å². The van der Waals surface area contributed by atoms with Gasteiger partial charge in [-0.25, -0.2) is 0 Å². The average Bonchev–Trinajstić information content (AvgIpc) is 2.02. The Kier molecular flexibility index (Phi) is 6.63. The fraction of sp³-hybridized carbons (Fsp3) is 0.800. The molecule has 2 heteroatoms. The Hall–Kier alpha value is -0.660. The maximum atomic E-state index is 10.1. The molecule has 0 N–H and O–H groups in total. The first-order valence-electron chi connectivity index (χ1n) is 4.58. The Balaban J connectivity index is 3.38. The summed E-state index contributed by atoms with van der Waals surface area (Å²) in [6, 6.07) is 0. The second kappa shape index (κ2) is 7.01. The first-order chi connectivity index (χ1) is 5.70. The van der Waals surface area contributed by atoms with Gasteiger partial charge in [-0.1, -0.05) is 26.7 Å². The lowest BCUT2D eigenvalue weighted by Crippen LogP contribution is -2.01. The molecule has 0 spiro atoms. The molecule has 2 unspecified atom stereocenters. The highest BCUT2D eigenvalue weighted by Gasteiger charge is 2.05. The van der Waals surface area contributed by atoms with Crippen molar-refractivity contribution in [1.82, 2.24) is 0 Å². The number of hydrogen-bond acceptors (Lipinski definition) is 2. The molecular weight excluding hydrogens is 152 g/mol. The molecular formula is C10H18O2. The zero-order valence-corrected chi connectivity index (χ0v) is 7.95. The van der Waals surface area contributed by atoms with Gasteiger partial charge in [0.2, 0.25) is 0 Å². The lowest BCUT2D eigenvalue weighted by atomic mass is 9.95. The summed E-state index contributed by atoms with van der Waals surface area (Å²) < 4.78 is 0. The van der Waals surface area contributed by atoms with Crippen LogP contribution < -0.4 is 0 Å². The predicted molar refractivity (Wildman–Crippen MR) is 48.9 cm³/mol. The Labute approximate surface area is 74.3 Å². The van der Waals surface area contributed by atoms with E-state index in [9.17, 15) is 9.59 Å². The van der Waals surface area contributed by atoms with Crippen LogP contribution in [-0.2, 0) is 9.59 Å². The van der Waals surface area contributed by atoms with Crippen LogP contribution in [-0.4, -0.2) is 12.6 Å². The molecule has 2 atom stereocenters. The second-order valence-corrected chi connectivity index (χ2v) is 3.59. The normalized spacial score (nSPS) is 15.2. The molecule has 0 aromatic carbocycles. The van der Waals surface area contributed by atoms with E-state index < -0.39 is 0 Å². The third-order valence-corrected chi connectivity index (χ3v) is 2.15. The number of rotatable bonds is 7. The van der Waals surface area contributed by atoms with Gasteiger partial charge in [-0.2, -0.15) is 0 Å². The minimum atomic E-state index is 0.469. The minimum Gasteiger partial charge on any atom is -0.303 e. The smallest absolute Gasteiger partial charge is 0.120 e. The van der Waals surface area contributed by atoms with E-state index in [0.29, 0.717) is 24.7 Å². The van der Waals surface area contributed by atoms with Crippen molar-refractivity contribution in [3.8, 4) is 0 Å². The van der Waals surface area contributed by atoms with Crippen LogP contribution in [0.2, 0.25) is 0 Å². The maximum absolute atomic E-state index is 10.1. The van der Waals surface area contributed by atoms with E-state index in [1.165, 1.54) is 0 Å². The van der Waals surface area contributed by atoms with E-state index in [-0.39, 0.29) is 0 Å². The zero-order chi connectivity index (χ0) is 9.40. The fourth-order valence-corrected chi connectivity index (χ4v) is 1.13. The van der Waals surface area contributed by atoms with Gasteiger partial charge in [-0.3, -0.25) is 0 Å². The van der Waals surface area contributed by atoms with Crippen molar-refractivity contribution >= 4 is 12.6 Å². The lowest BCUT2D eigenvalue weighted by Gasteiger charge is -2.10. The molecule has 0 aromatic heterocycles. The van der Waals surface area contributed by atoms with E-state index in [2.05, 4.69) is 13.8 Å². The van der Waals surface area contributed by atoms with E-state index in [0.717, 1.165) is 25.4 Å². The van der Waals surface area contributed by atoms with Gasteiger partial charge < -0.3 is 9.59 Å². The highest BCUT2D eigenvalue weighted by Crippen LogP contribution is 2.15. The Morgan fingerprint density at radius 3 is 1.50 bits per heavy atom. The molecule has 0 aromatic rings. The lowest BCUT2D eigenvalue weighted by molar-refractivity contribution is -0.109. The number of carbonyl (C=O) groups is 2. The van der Waals surface area contributed by atoms with Crippen LogP contribution in [0, 0.1) is 11.8 Å². The van der Waals surface area contributed by atoms with Crippen molar-refractivity contribution < 1.29 is 9.59 Å². The predicted octanol–water partition coefficient (Wildman–Crippen LogP) is 2.22. The summed E-state index contributed by atoms with van der Waals surface area (Å²) in [6.07, 6.45) is 5.33. The molecule has 0 bridgehead atoms. The van der Waals surface area contributed by atoms with Gasteiger partial charge in [0.05, 0.1) is 0 Å². The van der Waals surface area contributed by atoms with Crippen LogP contribution in [0.4, 0.5) is 0 Å². The summed E-state index contributed by atoms with van der Waals surface area (Å²) in [5, 5.41) is 0. The van der Waals surface area contributed by atoms with Gasteiger partial charge >= 0.3 is 0 Å². The molecule has 0 aliphatic heterocycles. The van der Waals surface area contributed by atoms with Crippen molar-refractivity contribution in [3.05, 3.63) is 0 Å². The highest BCUT2D eigenvalue weighted by atomic mass is 16.1. The molecule has 2 nitrogen and oxygen atoms in total. The van der Waals surface area contributed by atoms with Gasteiger partial charge in [0.1, 0.15) is 12.6 Å². The van der Waals surface area contributed by atoms with Crippen molar-refractivity contribution in [2.75, 3.05) is 0 Å². The Morgan fingerprint density at radius 2 is 1.25 bits per heavy atom. The summed E-state index contributed by atoms with van der Waals surface area (Å²) in [4.78, 5) is 20.3. The fourth-order valence-electron chi connectivity index (χ4n) is 1.13. The Morgan fingerprint density at radius 1 is 0.917 bits per heavy atom. The maximum Gasteiger partial charge on any atom is 0.120 e. The first kappa shape index (κ1) is 11.3. The molecule has 0 radical (unpaired) electrons. The molecule has 12 heavy (non-hydrogen) atoms. The zero-order valence-electron chi connectivity index (χ0n) is 7.95. The highest BCUT2D eigenvalue weighted by molar-refractivity contribution is 5.50. The van der Waals surface area contributed by atoms with E-state index in [1.807, 2.05) is 0 Å². The molecule has 0 amide bonds. The summed E-state index contributed by atoms with van der Waals surface area (Å²) in [6.45, 7) is 4.14. The van der Waals surface area contributed by atoms with Gasteiger partial charge in [0.25, 0.3) is 0 Å². The van der Waals surface area contributed by atoms with Crippen molar-refractivity contribution in [1.29, 1.82) is 0 Å². The van der Waals surface area contributed by atoms with Crippen molar-refractivity contribution in [2.45, 2.75) is 39.5 Å². The quantitative estimate of drug-likeness (QED) is 0.549. The molecule has 0 heterocycles. The van der Waals surface area contributed by atoms with Crippen molar-refractivity contribution in [3.63, 3.8) is 0 Å². The monoisotopic (exact) mass is 170 g/mol. The standard InChI is InChI=1S/C10H18O2/c1-9(5-7-11)3-4-10(2)6-8-12/h7-10H,3-6H2,1-2H3.